The summed E-state index contributed by atoms with van der Waals surface area (Å²) in [6, 6.07) is 5.57. The van der Waals surface area contributed by atoms with Gasteiger partial charge in [-0.25, -0.2) is 4.79 Å². The Morgan fingerprint density at radius 3 is 2.54 bits per heavy atom. The van der Waals surface area contributed by atoms with E-state index in [0.717, 1.165) is 10.7 Å². The fourth-order valence-corrected chi connectivity index (χ4v) is 2.46. The summed E-state index contributed by atoms with van der Waals surface area (Å²) in [5, 5.41) is 5.22. The first-order valence-corrected chi connectivity index (χ1v) is 7.57. The minimum absolute atomic E-state index is 0.0499. The van der Waals surface area contributed by atoms with Crippen LogP contribution in [-0.2, 0) is 22.6 Å². The van der Waals surface area contributed by atoms with Crippen molar-refractivity contribution in [3.8, 4) is 0 Å². The maximum absolute atomic E-state index is 12.2. The Balaban J connectivity index is 1.47. The molecule has 126 valence electrons. The number of amides is 4. The van der Waals surface area contributed by atoms with Crippen LogP contribution in [0.3, 0.4) is 0 Å². The van der Waals surface area contributed by atoms with Gasteiger partial charge in [0.2, 0.25) is 5.91 Å². The zero-order valence-corrected chi connectivity index (χ0v) is 12.9. The molecule has 0 saturated carbocycles. The van der Waals surface area contributed by atoms with Gasteiger partial charge in [0.25, 0.3) is 5.91 Å². The van der Waals surface area contributed by atoms with Crippen molar-refractivity contribution in [2.45, 2.75) is 25.4 Å². The van der Waals surface area contributed by atoms with Crippen LogP contribution in [0, 0.1) is 0 Å². The Labute approximate surface area is 137 Å². The Morgan fingerprint density at radius 1 is 1.17 bits per heavy atom. The fourth-order valence-electron chi connectivity index (χ4n) is 2.46. The lowest BCUT2D eigenvalue weighted by molar-refractivity contribution is -0.131. The molecule has 1 saturated heterocycles. The second-order valence-electron chi connectivity index (χ2n) is 5.39. The lowest BCUT2D eigenvalue weighted by Gasteiger charge is -2.11. The van der Waals surface area contributed by atoms with Gasteiger partial charge in [-0.3, -0.25) is 14.5 Å². The third-order valence-electron chi connectivity index (χ3n) is 3.66. The number of nitrogens with zero attached hydrogens (tertiary/aromatic N) is 1. The van der Waals surface area contributed by atoms with Crippen LogP contribution in [0.25, 0.3) is 0 Å². The van der Waals surface area contributed by atoms with Gasteiger partial charge in [0.1, 0.15) is 17.6 Å². The van der Waals surface area contributed by atoms with Crippen molar-refractivity contribution in [3.05, 3.63) is 48.3 Å². The monoisotopic (exact) mass is 331 g/mol. The summed E-state index contributed by atoms with van der Waals surface area (Å²) in [5.74, 6) is 0.532. The second-order valence-corrected chi connectivity index (χ2v) is 5.39. The molecule has 8 nitrogen and oxygen atoms in total. The molecule has 0 spiro atoms. The molecule has 2 N–H and O–H groups in total. The van der Waals surface area contributed by atoms with Crippen molar-refractivity contribution in [1.82, 2.24) is 15.5 Å². The Bertz CT molecular complexity index is 708. The van der Waals surface area contributed by atoms with Crippen LogP contribution in [0.1, 0.15) is 17.9 Å². The topological polar surface area (TPSA) is 105 Å². The molecule has 0 aliphatic carbocycles. The highest BCUT2D eigenvalue weighted by atomic mass is 16.3. The van der Waals surface area contributed by atoms with Crippen molar-refractivity contribution in [2.24, 2.45) is 0 Å². The van der Waals surface area contributed by atoms with Gasteiger partial charge in [0.05, 0.1) is 25.5 Å². The molecule has 1 aliphatic heterocycles. The minimum atomic E-state index is -0.851. The fraction of sp³-hybridized carbons (Fsp3) is 0.312. The highest BCUT2D eigenvalue weighted by Crippen LogP contribution is 2.14. The first-order valence-electron chi connectivity index (χ1n) is 7.57. The van der Waals surface area contributed by atoms with E-state index >= 15 is 0 Å². The van der Waals surface area contributed by atoms with Gasteiger partial charge < -0.3 is 19.5 Å². The number of carbonyl (C=O) groups excluding carboxylic acids is 3. The van der Waals surface area contributed by atoms with Gasteiger partial charge in [0, 0.05) is 13.0 Å². The molecule has 1 aliphatic rings. The van der Waals surface area contributed by atoms with Crippen molar-refractivity contribution in [1.29, 1.82) is 0 Å². The third kappa shape index (κ3) is 3.65. The van der Waals surface area contributed by atoms with Gasteiger partial charge in [-0.2, -0.15) is 0 Å². The summed E-state index contributed by atoms with van der Waals surface area (Å²) < 4.78 is 10.3. The van der Waals surface area contributed by atoms with E-state index < -0.39 is 18.0 Å². The van der Waals surface area contributed by atoms with Crippen molar-refractivity contribution < 1.29 is 23.2 Å². The van der Waals surface area contributed by atoms with Crippen LogP contribution in [0.2, 0.25) is 0 Å². The molecule has 1 atom stereocenters. The number of urea groups is 1. The van der Waals surface area contributed by atoms with Gasteiger partial charge in [-0.15, -0.1) is 0 Å². The van der Waals surface area contributed by atoms with Crippen LogP contribution in [0.4, 0.5) is 4.79 Å². The normalized spacial score (nSPS) is 17.2. The van der Waals surface area contributed by atoms with Crippen molar-refractivity contribution in [3.63, 3.8) is 0 Å². The minimum Gasteiger partial charge on any atom is -0.469 e. The average Bonchev–Trinajstić information content (AvgIpc) is 3.28. The average molecular weight is 331 g/mol. The number of imide groups is 1. The lowest BCUT2D eigenvalue weighted by atomic mass is 10.2. The number of furan rings is 2. The van der Waals surface area contributed by atoms with Crippen molar-refractivity contribution in [2.75, 3.05) is 6.54 Å². The highest BCUT2D eigenvalue weighted by Gasteiger charge is 2.39. The third-order valence-corrected chi connectivity index (χ3v) is 3.66. The number of nitrogens with one attached hydrogen (secondary N) is 2. The zero-order valence-electron chi connectivity index (χ0n) is 12.9. The summed E-state index contributed by atoms with van der Waals surface area (Å²) in [4.78, 5) is 37.1. The molecule has 3 rings (SSSR count). The van der Waals surface area contributed by atoms with Crippen LogP contribution in [-0.4, -0.2) is 35.3 Å². The van der Waals surface area contributed by atoms with Crippen LogP contribution in [0.5, 0.6) is 0 Å². The number of rotatable bonds is 7. The van der Waals surface area contributed by atoms with Gasteiger partial charge >= 0.3 is 6.03 Å². The van der Waals surface area contributed by atoms with E-state index in [1.54, 1.807) is 24.5 Å². The van der Waals surface area contributed by atoms with Crippen LogP contribution < -0.4 is 10.6 Å². The maximum atomic E-state index is 12.2. The standard InChI is InChI=1S/C16H17N3O5/c20-14(17-6-5-11-3-1-7-23-11)9-13-15(21)19(16(22)18-13)10-12-4-2-8-24-12/h1-4,7-8,13H,5-6,9-10H2,(H,17,20)(H,18,22)/t13-/m0/s1. The zero-order chi connectivity index (χ0) is 16.9. The van der Waals surface area contributed by atoms with Crippen LogP contribution in [0.15, 0.2) is 45.6 Å². The molecule has 0 bridgehead atoms. The quantitative estimate of drug-likeness (QED) is 0.738. The van der Waals surface area contributed by atoms with E-state index in [1.165, 1.54) is 6.26 Å². The highest BCUT2D eigenvalue weighted by molar-refractivity contribution is 6.05. The molecule has 0 aromatic carbocycles. The smallest absolute Gasteiger partial charge is 0.325 e. The number of carbonyl (C=O) groups is 3. The summed E-state index contributed by atoms with van der Waals surface area (Å²) in [7, 11) is 0. The molecule has 4 amide bonds. The predicted molar refractivity (Wildman–Crippen MR) is 81.6 cm³/mol. The molecule has 3 heterocycles. The molecular weight excluding hydrogens is 314 g/mol. The molecule has 0 radical (unpaired) electrons. The molecule has 2 aromatic rings. The first kappa shape index (κ1) is 15.9. The van der Waals surface area contributed by atoms with E-state index in [0.29, 0.717) is 18.7 Å². The Hall–Kier alpha value is -3.03. The largest absolute Gasteiger partial charge is 0.469 e. The first-order chi connectivity index (χ1) is 11.6. The Morgan fingerprint density at radius 2 is 1.88 bits per heavy atom. The SMILES string of the molecule is O=C(C[C@@H]1NC(=O)N(Cc2ccco2)C1=O)NCCc1ccco1. The Kier molecular flexibility index (Phi) is 4.64. The molecule has 1 fully saturated rings. The van der Waals surface area contributed by atoms with E-state index in [4.69, 9.17) is 8.83 Å². The summed E-state index contributed by atoms with van der Waals surface area (Å²) >= 11 is 0. The summed E-state index contributed by atoms with van der Waals surface area (Å²) in [6.45, 7) is 0.450. The summed E-state index contributed by atoms with van der Waals surface area (Å²) in [6.07, 6.45) is 3.50. The van der Waals surface area contributed by atoms with Crippen LogP contribution >= 0.6 is 0 Å². The van der Waals surface area contributed by atoms with Gasteiger partial charge in [-0.1, -0.05) is 0 Å². The molecule has 8 heteroatoms. The van der Waals surface area contributed by atoms with Gasteiger partial charge in [0.15, 0.2) is 0 Å². The van der Waals surface area contributed by atoms with E-state index in [9.17, 15) is 14.4 Å². The number of hydrogen-bond donors (Lipinski definition) is 2. The predicted octanol–water partition coefficient (Wildman–Crippen LogP) is 1.04. The number of hydrogen-bond acceptors (Lipinski definition) is 5. The second kappa shape index (κ2) is 7.03. The molecule has 2 aromatic heterocycles. The molecule has 0 unspecified atom stereocenters. The lowest BCUT2D eigenvalue weighted by Crippen LogP contribution is -2.37. The van der Waals surface area contributed by atoms with Crippen molar-refractivity contribution >= 4 is 17.8 Å². The van der Waals surface area contributed by atoms with E-state index in [1.807, 2.05) is 6.07 Å². The van der Waals surface area contributed by atoms with Gasteiger partial charge in [-0.05, 0) is 24.3 Å². The molecule has 24 heavy (non-hydrogen) atoms. The maximum Gasteiger partial charge on any atom is 0.325 e. The van der Waals surface area contributed by atoms with E-state index in [-0.39, 0.29) is 18.9 Å². The summed E-state index contributed by atoms with van der Waals surface area (Å²) in [5.41, 5.74) is 0. The molecular formula is C16H17N3O5. The van der Waals surface area contributed by atoms with E-state index in [2.05, 4.69) is 10.6 Å².